The molecule has 0 aliphatic rings. The van der Waals surface area contributed by atoms with Crippen molar-refractivity contribution in [2.45, 2.75) is 6.54 Å². The zero-order valence-electron chi connectivity index (χ0n) is 8.38. The molecule has 0 unspecified atom stereocenters. The van der Waals surface area contributed by atoms with Gasteiger partial charge in [-0.3, -0.25) is 4.79 Å². The molecule has 0 radical (unpaired) electrons. The molecular formula is C10H10N4OS. The largest absolute Gasteiger partial charge is 0.397 e. The first-order chi connectivity index (χ1) is 7.77. The maximum atomic E-state index is 11.7. The van der Waals surface area contributed by atoms with Gasteiger partial charge in [-0.25, -0.2) is 0 Å². The highest BCUT2D eigenvalue weighted by Crippen LogP contribution is 2.18. The first kappa shape index (κ1) is 10.6. The van der Waals surface area contributed by atoms with Gasteiger partial charge in [-0.2, -0.15) is 10.2 Å². The van der Waals surface area contributed by atoms with Crippen LogP contribution < -0.4 is 11.1 Å². The minimum Gasteiger partial charge on any atom is -0.397 e. The van der Waals surface area contributed by atoms with Crippen molar-refractivity contribution in [3.8, 4) is 0 Å². The maximum Gasteiger partial charge on any atom is 0.263 e. The lowest BCUT2D eigenvalue weighted by molar-refractivity contribution is 0.0955. The van der Waals surface area contributed by atoms with Crippen molar-refractivity contribution in [1.82, 2.24) is 15.5 Å². The highest BCUT2D eigenvalue weighted by atomic mass is 32.1. The molecule has 6 heteroatoms. The molecule has 2 rings (SSSR count). The fraction of sp³-hybridized carbons (Fsp3) is 0.100. The van der Waals surface area contributed by atoms with Gasteiger partial charge in [0.1, 0.15) is 4.88 Å². The molecule has 0 aliphatic heterocycles. The van der Waals surface area contributed by atoms with Crippen LogP contribution in [-0.2, 0) is 6.54 Å². The maximum absolute atomic E-state index is 11.7. The molecule has 0 bridgehead atoms. The molecular weight excluding hydrogens is 224 g/mol. The van der Waals surface area contributed by atoms with E-state index in [1.54, 1.807) is 29.8 Å². The number of anilines is 1. The van der Waals surface area contributed by atoms with Crippen LogP contribution >= 0.6 is 11.3 Å². The lowest BCUT2D eigenvalue weighted by Crippen LogP contribution is -2.23. The Labute approximate surface area is 96.3 Å². The van der Waals surface area contributed by atoms with Crippen LogP contribution in [0.25, 0.3) is 0 Å². The second-order valence-corrected chi connectivity index (χ2v) is 4.02. The van der Waals surface area contributed by atoms with Crippen molar-refractivity contribution in [3.63, 3.8) is 0 Å². The van der Waals surface area contributed by atoms with Crippen molar-refractivity contribution in [1.29, 1.82) is 0 Å². The molecule has 2 aromatic heterocycles. The summed E-state index contributed by atoms with van der Waals surface area (Å²) >= 11 is 1.32. The molecule has 2 aromatic rings. The Kier molecular flexibility index (Phi) is 3.11. The summed E-state index contributed by atoms with van der Waals surface area (Å²) in [6, 6.07) is 5.28. The third kappa shape index (κ3) is 2.34. The number of rotatable bonds is 3. The lowest BCUT2D eigenvalue weighted by atomic mass is 10.3. The summed E-state index contributed by atoms with van der Waals surface area (Å²) in [5, 5.41) is 12.1. The fourth-order valence-corrected chi connectivity index (χ4v) is 1.92. The monoisotopic (exact) mass is 234 g/mol. The van der Waals surface area contributed by atoms with E-state index in [9.17, 15) is 4.79 Å². The third-order valence-corrected chi connectivity index (χ3v) is 2.89. The first-order valence-corrected chi connectivity index (χ1v) is 5.53. The minimum atomic E-state index is -0.182. The molecule has 3 N–H and O–H groups in total. The Morgan fingerprint density at radius 3 is 3.00 bits per heavy atom. The van der Waals surface area contributed by atoms with E-state index in [4.69, 9.17) is 5.73 Å². The van der Waals surface area contributed by atoms with Crippen LogP contribution in [0.4, 0.5) is 5.69 Å². The van der Waals surface area contributed by atoms with Gasteiger partial charge in [-0.1, -0.05) is 0 Å². The summed E-state index contributed by atoms with van der Waals surface area (Å²) in [6.07, 6.45) is 1.59. The summed E-state index contributed by atoms with van der Waals surface area (Å²) < 4.78 is 0. The Hall–Kier alpha value is -1.95. The lowest BCUT2D eigenvalue weighted by Gasteiger charge is -2.02. The predicted octanol–water partition coefficient (Wildman–Crippen LogP) is 1.05. The van der Waals surface area contributed by atoms with E-state index in [-0.39, 0.29) is 5.91 Å². The summed E-state index contributed by atoms with van der Waals surface area (Å²) in [6.45, 7) is 0.351. The Balaban J connectivity index is 1.97. The molecule has 82 valence electrons. The molecule has 1 amide bonds. The number of nitrogens with zero attached hydrogens (tertiary/aromatic N) is 2. The number of carbonyl (C=O) groups is 1. The van der Waals surface area contributed by atoms with Gasteiger partial charge >= 0.3 is 0 Å². The summed E-state index contributed by atoms with van der Waals surface area (Å²) in [5.74, 6) is -0.182. The molecule has 0 aliphatic carbocycles. The molecule has 5 nitrogen and oxygen atoms in total. The Bertz CT molecular complexity index is 483. The number of nitrogens with two attached hydrogens (primary N) is 1. The topological polar surface area (TPSA) is 80.9 Å². The van der Waals surface area contributed by atoms with Gasteiger partial charge < -0.3 is 11.1 Å². The molecule has 16 heavy (non-hydrogen) atoms. The number of thiophene rings is 1. The standard InChI is InChI=1S/C10H10N4OS/c11-8-3-5-16-9(8)10(15)12-6-7-2-1-4-13-14-7/h1-5H,6,11H2,(H,12,15). The average Bonchev–Trinajstić information content (AvgIpc) is 2.74. The number of nitrogens with one attached hydrogen (secondary N) is 1. The number of aromatic nitrogens is 2. The van der Waals surface area contributed by atoms with E-state index in [0.717, 1.165) is 0 Å². The van der Waals surface area contributed by atoms with Crippen molar-refractivity contribution in [2.24, 2.45) is 0 Å². The quantitative estimate of drug-likeness (QED) is 0.831. The zero-order chi connectivity index (χ0) is 11.4. The van der Waals surface area contributed by atoms with E-state index in [1.165, 1.54) is 11.3 Å². The average molecular weight is 234 g/mol. The molecule has 0 saturated heterocycles. The molecule has 0 aromatic carbocycles. The van der Waals surface area contributed by atoms with Crippen LogP contribution in [0.5, 0.6) is 0 Å². The normalized spacial score (nSPS) is 10.0. The van der Waals surface area contributed by atoms with Crippen LogP contribution in [0.3, 0.4) is 0 Å². The van der Waals surface area contributed by atoms with Gasteiger partial charge in [-0.05, 0) is 23.6 Å². The zero-order valence-corrected chi connectivity index (χ0v) is 9.20. The molecule has 0 spiro atoms. The summed E-state index contributed by atoms with van der Waals surface area (Å²) in [7, 11) is 0. The smallest absolute Gasteiger partial charge is 0.263 e. The molecule has 0 atom stereocenters. The van der Waals surface area contributed by atoms with Gasteiger partial charge in [-0.15, -0.1) is 11.3 Å². The van der Waals surface area contributed by atoms with E-state index in [0.29, 0.717) is 22.8 Å². The minimum absolute atomic E-state index is 0.182. The van der Waals surface area contributed by atoms with Gasteiger partial charge in [0, 0.05) is 6.20 Å². The van der Waals surface area contributed by atoms with Gasteiger partial charge in [0.2, 0.25) is 0 Å². The summed E-state index contributed by atoms with van der Waals surface area (Å²) in [5.41, 5.74) is 6.85. The second-order valence-electron chi connectivity index (χ2n) is 3.10. The van der Waals surface area contributed by atoms with E-state index in [2.05, 4.69) is 15.5 Å². The SMILES string of the molecule is Nc1ccsc1C(=O)NCc1cccnn1. The Morgan fingerprint density at radius 1 is 1.50 bits per heavy atom. The van der Waals surface area contributed by atoms with Crippen LogP contribution in [0, 0.1) is 0 Å². The van der Waals surface area contributed by atoms with Crippen LogP contribution in [0.1, 0.15) is 15.4 Å². The van der Waals surface area contributed by atoms with Crippen molar-refractivity contribution in [3.05, 3.63) is 40.3 Å². The number of amides is 1. The number of hydrogen-bond acceptors (Lipinski definition) is 5. The van der Waals surface area contributed by atoms with Gasteiger partial charge in [0.25, 0.3) is 5.91 Å². The molecule has 2 heterocycles. The molecule has 0 saturated carbocycles. The Morgan fingerprint density at radius 2 is 2.38 bits per heavy atom. The van der Waals surface area contributed by atoms with E-state index in [1.807, 2.05) is 0 Å². The summed E-state index contributed by atoms with van der Waals surface area (Å²) in [4.78, 5) is 12.2. The van der Waals surface area contributed by atoms with E-state index < -0.39 is 0 Å². The second kappa shape index (κ2) is 4.71. The van der Waals surface area contributed by atoms with Gasteiger partial charge in [0.05, 0.1) is 17.9 Å². The number of hydrogen-bond donors (Lipinski definition) is 2. The van der Waals surface area contributed by atoms with Gasteiger partial charge in [0.15, 0.2) is 0 Å². The number of nitrogen functional groups attached to an aromatic ring is 1. The number of carbonyl (C=O) groups excluding carboxylic acids is 1. The van der Waals surface area contributed by atoms with E-state index >= 15 is 0 Å². The highest BCUT2D eigenvalue weighted by molar-refractivity contribution is 7.12. The van der Waals surface area contributed by atoms with Crippen molar-refractivity contribution in [2.75, 3.05) is 5.73 Å². The predicted molar refractivity (Wildman–Crippen MR) is 61.9 cm³/mol. The van der Waals surface area contributed by atoms with Crippen LogP contribution in [0.15, 0.2) is 29.8 Å². The third-order valence-electron chi connectivity index (χ3n) is 1.96. The fourth-order valence-electron chi connectivity index (χ4n) is 1.18. The van der Waals surface area contributed by atoms with Crippen LogP contribution in [-0.4, -0.2) is 16.1 Å². The first-order valence-electron chi connectivity index (χ1n) is 4.65. The van der Waals surface area contributed by atoms with Crippen molar-refractivity contribution >= 4 is 22.9 Å². The molecule has 0 fully saturated rings. The van der Waals surface area contributed by atoms with Crippen LogP contribution in [0.2, 0.25) is 0 Å². The van der Waals surface area contributed by atoms with Crippen molar-refractivity contribution < 1.29 is 4.79 Å². The highest BCUT2D eigenvalue weighted by Gasteiger charge is 2.10.